The van der Waals surface area contributed by atoms with Crippen LogP contribution in [0.25, 0.3) is 0 Å². The van der Waals surface area contributed by atoms with Gasteiger partial charge in [-0.2, -0.15) is 0 Å². The lowest BCUT2D eigenvalue weighted by Crippen LogP contribution is -2.33. The molecule has 0 amide bonds. The average Bonchev–Trinajstić information content (AvgIpc) is 1.89. The van der Waals surface area contributed by atoms with E-state index in [1.807, 2.05) is 0 Å². The summed E-state index contributed by atoms with van der Waals surface area (Å²) in [7, 11) is -0.0350. The normalized spacial score (nSPS) is 15.7. The molecule has 0 aliphatic carbocycles. The molecule has 0 saturated carbocycles. The van der Waals surface area contributed by atoms with Gasteiger partial charge in [0.15, 0.2) is 0 Å². The van der Waals surface area contributed by atoms with Gasteiger partial charge in [-0.25, -0.2) is 0 Å². The molecule has 0 aliphatic heterocycles. The summed E-state index contributed by atoms with van der Waals surface area (Å²) in [5, 5.41) is 1.72. The first-order chi connectivity index (χ1) is 7.49. The van der Waals surface area contributed by atoms with E-state index in [2.05, 4.69) is 83.1 Å². The zero-order valence-electron chi connectivity index (χ0n) is 14.9. The summed E-state index contributed by atoms with van der Waals surface area (Å²) >= 11 is 0. The first-order valence-electron chi connectivity index (χ1n) is 7.09. The molecule has 0 unspecified atom stereocenters. The number of hydrogen-bond acceptors (Lipinski definition) is 0. The van der Waals surface area contributed by atoms with Crippen molar-refractivity contribution < 1.29 is 0 Å². The van der Waals surface area contributed by atoms with Gasteiger partial charge in [-0.1, -0.05) is 98.3 Å². The second-order valence-corrected chi connectivity index (χ2v) is 18.3. The fourth-order valence-corrected chi connectivity index (χ4v) is 16.8. The highest BCUT2D eigenvalue weighted by molar-refractivity contribution is 8.32. The first-order valence-corrected chi connectivity index (χ1v) is 10.5. The molecule has 110 valence electrons. The van der Waals surface area contributed by atoms with Gasteiger partial charge in [0.25, 0.3) is 0 Å². The van der Waals surface area contributed by atoms with Crippen molar-refractivity contribution in [3.8, 4) is 0 Å². The molecule has 0 spiro atoms. The Morgan fingerprint density at radius 2 is 0.444 bits per heavy atom. The van der Waals surface area contributed by atoms with Crippen molar-refractivity contribution in [1.82, 2.24) is 0 Å². The van der Waals surface area contributed by atoms with Crippen LogP contribution >= 0.6 is 15.2 Å². The van der Waals surface area contributed by atoms with Crippen LogP contribution < -0.4 is 0 Å². The molecule has 0 bridgehead atoms. The highest BCUT2D eigenvalue weighted by Crippen LogP contribution is 2.88. The molecule has 18 heavy (non-hydrogen) atoms. The molecule has 0 heterocycles. The maximum atomic E-state index is 2.46. The van der Waals surface area contributed by atoms with Crippen LogP contribution in [0.15, 0.2) is 0 Å². The zero-order chi connectivity index (χ0) is 15.2. The smallest absolute Gasteiger partial charge is 0.0136 e. The van der Waals surface area contributed by atoms with E-state index in [-0.39, 0.29) is 15.2 Å². The van der Waals surface area contributed by atoms with E-state index in [1.165, 1.54) is 0 Å². The Morgan fingerprint density at radius 1 is 0.333 bits per heavy atom. The largest absolute Gasteiger partial charge is 0.0689 e. The van der Waals surface area contributed by atoms with Crippen molar-refractivity contribution in [2.24, 2.45) is 0 Å². The summed E-state index contributed by atoms with van der Waals surface area (Å²) in [6.45, 7) is 29.5. The van der Waals surface area contributed by atoms with E-state index in [0.29, 0.717) is 20.6 Å². The van der Waals surface area contributed by atoms with Crippen molar-refractivity contribution in [3.63, 3.8) is 0 Å². The van der Waals surface area contributed by atoms with Gasteiger partial charge in [0.1, 0.15) is 0 Å². The molecule has 0 atom stereocenters. The van der Waals surface area contributed by atoms with Crippen LogP contribution in [0, 0.1) is 0 Å². The third-order valence-electron chi connectivity index (χ3n) is 2.74. The molecule has 0 saturated heterocycles. The van der Waals surface area contributed by atoms with Crippen molar-refractivity contribution in [2.45, 2.75) is 104 Å². The average molecular weight is 290 g/mol. The predicted octanol–water partition coefficient (Wildman–Crippen LogP) is 7.06. The third-order valence-corrected chi connectivity index (χ3v) is 16.6. The van der Waals surface area contributed by atoms with Gasteiger partial charge in [0.05, 0.1) is 0 Å². The summed E-state index contributed by atoms with van der Waals surface area (Å²) in [5.41, 5.74) is 0. The van der Waals surface area contributed by atoms with E-state index in [4.69, 9.17) is 0 Å². The van der Waals surface area contributed by atoms with Gasteiger partial charge < -0.3 is 0 Å². The molecule has 0 fully saturated rings. The fourth-order valence-electron chi connectivity index (χ4n) is 3.21. The lowest BCUT2D eigenvalue weighted by atomic mass is 10.2. The minimum atomic E-state index is -0.0175. The van der Waals surface area contributed by atoms with Gasteiger partial charge in [-0.3, -0.25) is 0 Å². The molecule has 0 aromatic heterocycles. The Bertz CT molecular complexity index is 207. The van der Waals surface area contributed by atoms with Gasteiger partial charge in [-0.05, 0) is 20.6 Å². The molecular formula is C16H36P2. The summed E-state index contributed by atoms with van der Waals surface area (Å²) in [5.74, 6) is 0. The molecule has 0 aliphatic rings. The van der Waals surface area contributed by atoms with Crippen LogP contribution in [-0.4, -0.2) is 20.6 Å². The van der Waals surface area contributed by atoms with Crippen LogP contribution in [-0.2, 0) is 0 Å². The van der Waals surface area contributed by atoms with E-state index in [9.17, 15) is 0 Å². The zero-order valence-corrected chi connectivity index (χ0v) is 16.7. The minimum Gasteiger partial charge on any atom is -0.0689 e. The lowest BCUT2D eigenvalue weighted by Gasteiger charge is -2.56. The monoisotopic (exact) mass is 290 g/mol. The Balaban J connectivity index is 5.84. The maximum Gasteiger partial charge on any atom is -0.0136 e. The molecule has 2 heteroatoms. The molecule has 0 N–H and O–H groups in total. The van der Waals surface area contributed by atoms with Crippen LogP contribution in [0.2, 0.25) is 0 Å². The Morgan fingerprint density at radius 3 is 0.500 bits per heavy atom. The third kappa shape index (κ3) is 5.09. The molecule has 0 rings (SSSR count). The second-order valence-electron chi connectivity index (χ2n) is 9.31. The SMILES string of the molecule is CC(C)(C)P(P(C(C)(C)C)C(C)(C)C)C(C)(C)C. The summed E-state index contributed by atoms with van der Waals surface area (Å²) in [6, 6.07) is 0. The maximum absolute atomic E-state index is 2.46. The highest BCUT2D eigenvalue weighted by Gasteiger charge is 2.48. The Kier molecular flexibility index (Phi) is 5.59. The number of hydrogen-bond donors (Lipinski definition) is 0. The molecule has 0 aromatic carbocycles. The van der Waals surface area contributed by atoms with Gasteiger partial charge in [0, 0.05) is 0 Å². The van der Waals surface area contributed by atoms with Crippen LogP contribution in [0.1, 0.15) is 83.1 Å². The summed E-state index contributed by atoms with van der Waals surface area (Å²) < 4.78 is 0. The van der Waals surface area contributed by atoms with E-state index in [0.717, 1.165) is 0 Å². The standard InChI is InChI=1S/C16H36P2/c1-13(2,3)17(14(4,5)6)18(15(7,8)9)16(10,11)12/h1-12H3. The Labute approximate surface area is 119 Å². The van der Waals surface area contributed by atoms with E-state index in [1.54, 1.807) is 0 Å². The van der Waals surface area contributed by atoms with Crippen molar-refractivity contribution >= 4 is 15.2 Å². The fraction of sp³-hybridized carbons (Fsp3) is 1.00. The summed E-state index contributed by atoms with van der Waals surface area (Å²) in [6.07, 6.45) is 0. The van der Waals surface area contributed by atoms with Crippen LogP contribution in [0.5, 0.6) is 0 Å². The quantitative estimate of drug-likeness (QED) is 0.453. The number of rotatable bonds is 1. The highest BCUT2D eigenvalue weighted by atomic mass is 32.1. The van der Waals surface area contributed by atoms with E-state index < -0.39 is 0 Å². The molecule has 0 aromatic rings. The van der Waals surface area contributed by atoms with Crippen molar-refractivity contribution in [3.05, 3.63) is 0 Å². The van der Waals surface area contributed by atoms with Crippen molar-refractivity contribution in [2.75, 3.05) is 0 Å². The predicted molar refractivity (Wildman–Crippen MR) is 92.9 cm³/mol. The van der Waals surface area contributed by atoms with Crippen LogP contribution in [0.4, 0.5) is 0 Å². The Hall–Kier alpha value is 0.860. The lowest BCUT2D eigenvalue weighted by molar-refractivity contribution is 0.693. The van der Waals surface area contributed by atoms with E-state index >= 15 is 0 Å². The first kappa shape index (κ1) is 18.9. The minimum absolute atomic E-state index is 0.0175. The van der Waals surface area contributed by atoms with Crippen molar-refractivity contribution in [1.29, 1.82) is 0 Å². The molecular weight excluding hydrogens is 254 g/mol. The molecule has 0 radical (unpaired) electrons. The summed E-state index contributed by atoms with van der Waals surface area (Å²) in [4.78, 5) is 0. The molecule has 0 nitrogen and oxygen atoms in total. The topological polar surface area (TPSA) is 0 Å². The van der Waals surface area contributed by atoms with Gasteiger partial charge in [0.2, 0.25) is 0 Å². The van der Waals surface area contributed by atoms with Crippen LogP contribution in [0.3, 0.4) is 0 Å². The van der Waals surface area contributed by atoms with Gasteiger partial charge >= 0.3 is 0 Å². The van der Waals surface area contributed by atoms with Gasteiger partial charge in [-0.15, -0.1) is 0 Å². The second kappa shape index (κ2) is 5.33.